The molecule has 0 saturated heterocycles. The number of aryl methyl sites for hydroxylation is 1. The number of rotatable bonds is 4. The summed E-state index contributed by atoms with van der Waals surface area (Å²) in [5.74, 6) is -0.994. The number of methoxy groups -OCH3 is 1. The number of carbonyl (C=O) groups is 2. The van der Waals surface area contributed by atoms with E-state index in [9.17, 15) is 14.0 Å². The van der Waals surface area contributed by atoms with Gasteiger partial charge in [-0.2, -0.15) is 0 Å². The summed E-state index contributed by atoms with van der Waals surface area (Å²) in [5.41, 5.74) is 1.48. The van der Waals surface area contributed by atoms with Gasteiger partial charge in [0.15, 0.2) is 5.69 Å². The van der Waals surface area contributed by atoms with E-state index in [1.165, 1.54) is 25.3 Å². The molecule has 0 fully saturated rings. The third kappa shape index (κ3) is 3.43. The van der Waals surface area contributed by atoms with E-state index in [-0.39, 0.29) is 17.1 Å². The lowest BCUT2D eigenvalue weighted by Gasteiger charge is -2.07. The van der Waals surface area contributed by atoms with Crippen LogP contribution in [0.2, 0.25) is 0 Å². The van der Waals surface area contributed by atoms with Crippen LogP contribution in [0.3, 0.4) is 0 Å². The molecule has 3 aromatic rings. The van der Waals surface area contributed by atoms with Crippen LogP contribution < -0.4 is 5.32 Å². The number of hydrogen-bond donors (Lipinski definition) is 1. The maximum absolute atomic E-state index is 13.1. The fourth-order valence-electron chi connectivity index (χ4n) is 2.24. The van der Waals surface area contributed by atoms with Gasteiger partial charge < -0.3 is 14.6 Å². The van der Waals surface area contributed by atoms with E-state index >= 15 is 0 Å². The molecule has 0 spiro atoms. The van der Waals surface area contributed by atoms with Gasteiger partial charge in [0.25, 0.3) is 5.91 Å². The van der Waals surface area contributed by atoms with Crippen molar-refractivity contribution in [2.45, 2.75) is 6.92 Å². The summed E-state index contributed by atoms with van der Waals surface area (Å²) < 4.78 is 22.8. The second-order valence-electron chi connectivity index (χ2n) is 5.13. The largest absolute Gasteiger partial charge is 0.465 e. The normalized spacial score (nSPS) is 10.5. The van der Waals surface area contributed by atoms with Gasteiger partial charge in [0.2, 0.25) is 0 Å². The molecule has 128 valence electrons. The van der Waals surface area contributed by atoms with Crippen LogP contribution in [0.25, 0.3) is 11.1 Å². The van der Waals surface area contributed by atoms with Gasteiger partial charge in [0, 0.05) is 17.0 Å². The average Bonchev–Trinajstić information content (AvgIpc) is 3.21. The van der Waals surface area contributed by atoms with Crippen molar-refractivity contribution in [2.24, 2.45) is 0 Å². The highest BCUT2D eigenvalue weighted by Gasteiger charge is 2.23. The molecule has 2 heterocycles. The molecule has 0 bridgehead atoms. The molecular weight excluding hydrogens is 347 g/mol. The van der Waals surface area contributed by atoms with Gasteiger partial charge in [-0.15, -0.1) is 11.3 Å². The van der Waals surface area contributed by atoms with Gasteiger partial charge in [-0.3, -0.25) is 4.79 Å². The zero-order chi connectivity index (χ0) is 18.0. The van der Waals surface area contributed by atoms with Crippen LogP contribution in [0.5, 0.6) is 0 Å². The Kier molecular flexibility index (Phi) is 4.62. The number of amides is 1. The maximum Gasteiger partial charge on any atom is 0.341 e. The molecule has 1 amide bonds. The molecule has 2 aromatic heterocycles. The highest BCUT2D eigenvalue weighted by atomic mass is 32.1. The topological polar surface area (TPSA) is 81.4 Å². The Hall–Kier alpha value is -3.00. The molecular formula is C17H13FN2O4S. The Labute approximate surface area is 146 Å². The zero-order valence-electron chi connectivity index (χ0n) is 13.3. The summed E-state index contributed by atoms with van der Waals surface area (Å²) in [5, 5.41) is 8.29. The predicted octanol–water partition coefficient (Wildman–Crippen LogP) is 3.89. The van der Waals surface area contributed by atoms with Crippen LogP contribution in [0.4, 0.5) is 9.39 Å². The first-order chi connectivity index (χ1) is 12.0. The SMILES string of the molecule is COC(=O)c1c(-c2ccc(F)cc2)csc1NC(=O)c1cc(C)on1. The van der Waals surface area contributed by atoms with E-state index in [0.717, 1.165) is 11.3 Å². The molecule has 0 atom stereocenters. The average molecular weight is 360 g/mol. The van der Waals surface area contributed by atoms with Crippen molar-refractivity contribution in [1.82, 2.24) is 5.16 Å². The van der Waals surface area contributed by atoms with Crippen LogP contribution in [0.1, 0.15) is 26.6 Å². The van der Waals surface area contributed by atoms with Crippen LogP contribution in [0, 0.1) is 12.7 Å². The number of halogens is 1. The Morgan fingerprint density at radius 2 is 2.00 bits per heavy atom. The lowest BCUT2D eigenvalue weighted by atomic mass is 10.0. The second-order valence-corrected chi connectivity index (χ2v) is 6.01. The van der Waals surface area contributed by atoms with Crippen molar-refractivity contribution in [3.8, 4) is 11.1 Å². The highest BCUT2D eigenvalue weighted by Crippen LogP contribution is 2.36. The first-order valence-corrected chi connectivity index (χ1v) is 8.08. The molecule has 25 heavy (non-hydrogen) atoms. The quantitative estimate of drug-likeness (QED) is 0.714. The summed E-state index contributed by atoms with van der Waals surface area (Å²) >= 11 is 1.16. The van der Waals surface area contributed by atoms with Crippen LogP contribution in [-0.2, 0) is 4.74 Å². The molecule has 3 rings (SSSR count). The highest BCUT2D eigenvalue weighted by molar-refractivity contribution is 7.15. The Morgan fingerprint density at radius 3 is 2.60 bits per heavy atom. The number of aromatic nitrogens is 1. The van der Waals surface area contributed by atoms with E-state index in [0.29, 0.717) is 21.9 Å². The van der Waals surface area contributed by atoms with Crippen molar-refractivity contribution < 1.29 is 23.2 Å². The molecule has 1 N–H and O–H groups in total. The standard InChI is InChI=1S/C17H13FN2O4S/c1-9-7-13(20-24-9)15(21)19-16-14(17(22)23-2)12(8-25-16)10-3-5-11(18)6-4-10/h3-8H,1-2H3,(H,19,21). The number of carbonyl (C=O) groups excluding carboxylic acids is 2. The van der Waals surface area contributed by atoms with Crippen LogP contribution in [0.15, 0.2) is 40.2 Å². The minimum atomic E-state index is -0.604. The molecule has 0 radical (unpaired) electrons. The van der Waals surface area contributed by atoms with E-state index in [4.69, 9.17) is 9.26 Å². The molecule has 0 saturated carbocycles. The van der Waals surface area contributed by atoms with E-state index in [2.05, 4.69) is 10.5 Å². The monoisotopic (exact) mass is 360 g/mol. The van der Waals surface area contributed by atoms with Crippen molar-refractivity contribution in [1.29, 1.82) is 0 Å². The molecule has 0 aliphatic carbocycles. The predicted molar refractivity (Wildman–Crippen MR) is 90.2 cm³/mol. The minimum Gasteiger partial charge on any atom is -0.465 e. The second kappa shape index (κ2) is 6.86. The molecule has 0 unspecified atom stereocenters. The molecule has 1 aromatic carbocycles. The van der Waals surface area contributed by atoms with E-state index in [1.54, 1.807) is 24.4 Å². The van der Waals surface area contributed by atoms with Gasteiger partial charge in [-0.1, -0.05) is 17.3 Å². The zero-order valence-corrected chi connectivity index (χ0v) is 14.1. The lowest BCUT2D eigenvalue weighted by molar-refractivity contribution is 0.0603. The molecule has 8 heteroatoms. The fraction of sp³-hybridized carbons (Fsp3) is 0.118. The fourth-order valence-corrected chi connectivity index (χ4v) is 3.19. The summed E-state index contributed by atoms with van der Waals surface area (Å²) in [6, 6.07) is 7.18. The summed E-state index contributed by atoms with van der Waals surface area (Å²) in [6.07, 6.45) is 0. The molecule has 0 aliphatic rings. The number of anilines is 1. The van der Waals surface area contributed by atoms with Crippen molar-refractivity contribution in [2.75, 3.05) is 12.4 Å². The van der Waals surface area contributed by atoms with Gasteiger partial charge in [-0.25, -0.2) is 9.18 Å². The first-order valence-electron chi connectivity index (χ1n) is 7.20. The van der Waals surface area contributed by atoms with Crippen LogP contribution >= 0.6 is 11.3 Å². The third-order valence-corrected chi connectivity index (χ3v) is 4.32. The first kappa shape index (κ1) is 16.8. The Morgan fingerprint density at radius 1 is 1.28 bits per heavy atom. The van der Waals surface area contributed by atoms with Crippen LogP contribution in [-0.4, -0.2) is 24.1 Å². The van der Waals surface area contributed by atoms with Crippen molar-refractivity contribution in [3.63, 3.8) is 0 Å². The van der Waals surface area contributed by atoms with E-state index < -0.39 is 11.9 Å². The number of esters is 1. The number of thiophene rings is 1. The minimum absolute atomic E-state index is 0.102. The lowest BCUT2D eigenvalue weighted by Crippen LogP contribution is -2.14. The summed E-state index contributed by atoms with van der Waals surface area (Å²) in [7, 11) is 1.25. The van der Waals surface area contributed by atoms with Crippen molar-refractivity contribution in [3.05, 3.63) is 58.5 Å². The number of benzene rings is 1. The van der Waals surface area contributed by atoms with Gasteiger partial charge >= 0.3 is 5.97 Å². The number of nitrogens with one attached hydrogen (secondary N) is 1. The smallest absolute Gasteiger partial charge is 0.341 e. The third-order valence-electron chi connectivity index (χ3n) is 3.42. The number of hydrogen-bond acceptors (Lipinski definition) is 6. The number of nitrogens with zero attached hydrogens (tertiary/aromatic N) is 1. The molecule has 0 aliphatic heterocycles. The summed E-state index contributed by atoms with van der Waals surface area (Å²) in [4.78, 5) is 24.5. The molecule has 6 nitrogen and oxygen atoms in total. The Bertz CT molecular complexity index is 931. The van der Waals surface area contributed by atoms with Crippen molar-refractivity contribution >= 4 is 28.2 Å². The Balaban J connectivity index is 1.98. The summed E-state index contributed by atoms with van der Waals surface area (Å²) in [6.45, 7) is 1.67. The van der Waals surface area contributed by atoms with E-state index in [1.807, 2.05) is 0 Å². The maximum atomic E-state index is 13.1. The van der Waals surface area contributed by atoms with Gasteiger partial charge in [-0.05, 0) is 24.6 Å². The van der Waals surface area contributed by atoms with Gasteiger partial charge in [0.05, 0.1) is 7.11 Å². The van der Waals surface area contributed by atoms with Gasteiger partial charge in [0.1, 0.15) is 22.1 Å². The number of ether oxygens (including phenoxy) is 1.